The van der Waals surface area contributed by atoms with Crippen LogP contribution in [0.25, 0.3) is 6.08 Å². The molecule has 1 aliphatic heterocycles. The van der Waals surface area contributed by atoms with Gasteiger partial charge in [-0.3, -0.25) is 9.69 Å². The Morgan fingerprint density at radius 1 is 1.31 bits per heavy atom. The van der Waals surface area contributed by atoms with Crippen LogP contribution >= 0.6 is 24.0 Å². The maximum Gasteiger partial charge on any atom is 0.266 e. The number of benzene rings is 1. The van der Waals surface area contributed by atoms with E-state index in [4.69, 9.17) is 21.7 Å². The molecule has 0 radical (unpaired) electrons. The zero-order valence-corrected chi connectivity index (χ0v) is 15.3. The molecule has 1 amide bonds. The molecule has 1 aromatic carbocycles. The number of ether oxygens (including phenoxy) is 2. The van der Waals surface area contributed by atoms with Gasteiger partial charge in [0, 0.05) is 24.0 Å². The van der Waals surface area contributed by atoms with Gasteiger partial charge in [-0.15, -0.1) is 0 Å². The normalized spacial score (nSPS) is 16.7. The van der Waals surface area contributed by atoms with E-state index < -0.39 is 30.3 Å². The summed E-state index contributed by atoms with van der Waals surface area (Å²) in [6.45, 7) is 0. The Balaban J connectivity index is 2.37. The van der Waals surface area contributed by atoms with Crippen molar-refractivity contribution in [2.45, 2.75) is 12.5 Å². The maximum atomic E-state index is 12.5. The third-order valence-electron chi connectivity index (χ3n) is 3.49. The Bertz CT molecular complexity index is 806. The van der Waals surface area contributed by atoms with Gasteiger partial charge in [-0.1, -0.05) is 24.0 Å². The van der Waals surface area contributed by atoms with Crippen LogP contribution < -0.4 is 19.7 Å². The van der Waals surface area contributed by atoms with Crippen molar-refractivity contribution in [2.24, 2.45) is 0 Å². The molecule has 0 spiro atoms. The number of carboxylic acid groups (broad SMARTS) is 2. The van der Waals surface area contributed by atoms with Gasteiger partial charge >= 0.3 is 0 Å². The molecule has 1 heterocycles. The van der Waals surface area contributed by atoms with Gasteiger partial charge in [-0.05, 0) is 18.2 Å². The minimum atomic E-state index is -1.74. The van der Waals surface area contributed by atoms with Crippen LogP contribution in [0.2, 0.25) is 0 Å². The zero-order chi connectivity index (χ0) is 19.4. The lowest BCUT2D eigenvalue weighted by atomic mass is 10.1. The first-order valence-electron chi connectivity index (χ1n) is 7.18. The molecule has 1 fully saturated rings. The Morgan fingerprint density at radius 3 is 2.54 bits per heavy atom. The van der Waals surface area contributed by atoms with E-state index in [1.807, 2.05) is 0 Å². The Kier molecular flexibility index (Phi) is 6.22. The lowest BCUT2D eigenvalue weighted by Crippen LogP contribution is -2.52. The monoisotopic (exact) mass is 395 g/mol. The highest BCUT2D eigenvalue weighted by atomic mass is 32.2. The Labute approximate surface area is 158 Å². The quantitative estimate of drug-likeness (QED) is 0.430. The smallest absolute Gasteiger partial charge is 0.266 e. The predicted molar refractivity (Wildman–Crippen MR) is 93.0 cm³/mol. The second kappa shape index (κ2) is 8.19. The van der Waals surface area contributed by atoms with Crippen molar-refractivity contribution in [3.05, 3.63) is 28.7 Å². The Hall–Kier alpha value is -2.59. The minimum Gasteiger partial charge on any atom is -0.550 e. The van der Waals surface area contributed by atoms with Gasteiger partial charge in [0.25, 0.3) is 5.91 Å². The summed E-state index contributed by atoms with van der Waals surface area (Å²) in [6, 6.07) is 3.19. The van der Waals surface area contributed by atoms with Crippen molar-refractivity contribution < 1.29 is 34.1 Å². The van der Waals surface area contributed by atoms with Gasteiger partial charge in [0.05, 0.1) is 31.1 Å². The molecule has 26 heavy (non-hydrogen) atoms. The van der Waals surface area contributed by atoms with Crippen molar-refractivity contribution in [2.75, 3.05) is 14.2 Å². The fourth-order valence-corrected chi connectivity index (χ4v) is 3.61. The molecule has 0 aliphatic carbocycles. The van der Waals surface area contributed by atoms with Crippen molar-refractivity contribution in [3.8, 4) is 11.5 Å². The number of amides is 1. The number of thiocarbonyl (C=S) groups is 1. The summed E-state index contributed by atoms with van der Waals surface area (Å²) in [5.74, 6) is -3.10. The highest BCUT2D eigenvalue weighted by Gasteiger charge is 2.38. The first kappa shape index (κ1) is 19.7. The lowest BCUT2D eigenvalue weighted by molar-refractivity contribution is -0.319. The molecule has 0 unspecified atom stereocenters. The summed E-state index contributed by atoms with van der Waals surface area (Å²) in [5, 5.41) is 22.0. The summed E-state index contributed by atoms with van der Waals surface area (Å²) in [5.41, 5.74) is 0.540. The van der Waals surface area contributed by atoms with Gasteiger partial charge in [0.15, 0.2) is 0 Å². The lowest BCUT2D eigenvalue weighted by Gasteiger charge is -2.27. The number of hydrogen-bond donors (Lipinski definition) is 0. The first-order valence-corrected chi connectivity index (χ1v) is 8.40. The fourth-order valence-electron chi connectivity index (χ4n) is 2.27. The van der Waals surface area contributed by atoms with E-state index in [0.717, 1.165) is 11.8 Å². The standard InChI is InChI=1S/C16H15NO7S2/c1-23-9-4-3-8(11(6-9)24-2)5-12-14(20)17(16(25)26-12)10(15(21)22)7-13(18)19/h3-6,10H,7H2,1-2H3,(H,18,19)(H,21,22)/p-2/b12-5+/t10-/m1/s1. The number of carboxylic acids is 2. The van der Waals surface area contributed by atoms with Crippen LogP contribution in [0.1, 0.15) is 12.0 Å². The van der Waals surface area contributed by atoms with Crippen LogP contribution in [0, 0.1) is 0 Å². The number of methoxy groups -OCH3 is 2. The molecule has 1 saturated heterocycles. The average molecular weight is 395 g/mol. The van der Waals surface area contributed by atoms with E-state index in [9.17, 15) is 24.6 Å². The molecule has 0 bridgehead atoms. The van der Waals surface area contributed by atoms with Crippen LogP contribution in [0.4, 0.5) is 0 Å². The zero-order valence-electron chi connectivity index (χ0n) is 13.7. The summed E-state index contributed by atoms with van der Waals surface area (Å²) in [7, 11) is 2.94. The number of carbonyl (C=O) groups is 3. The van der Waals surface area contributed by atoms with E-state index in [1.54, 1.807) is 18.2 Å². The molecule has 138 valence electrons. The number of nitrogens with zero attached hydrogens (tertiary/aromatic N) is 1. The van der Waals surface area contributed by atoms with Gasteiger partial charge in [0.2, 0.25) is 0 Å². The predicted octanol–water partition coefficient (Wildman–Crippen LogP) is -0.837. The molecule has 8 nitrogen and oxygen atoms in total. The average Bonchev–Trinajstić information content (AvgIpc) is 2.86. The highest BCUT2D eigenvalue weighted by molar-refractivity contribution is 8.26. The third kappa shape index (κ3) is 4.14. The van der Waals surface area contributed by atoms with Gasteiger partial charge < -0.3 is 29.3 Å². The molecule has 0 N–H and O–H groups in total. The summed E-state index contributed by atoms with van der Waals surface area (Å²) < 4.78 is 10.3. The molecule has 2 rings (SSSR count). The number of carbonyl (C=O) groups excluding carboxylic acids is 3. The summed E-state index contributed by atoms with van der Waals surface area (Å²) in [4.78, 5) is 35.4. The molecule has 0 saturated carbocycles. The second-order valence-corrected chi connectivity index (χ2v) is 6.75. The van der Waals surface area contributed by atoms with Gasteiger partial charge in [-0.2, -0.15) is 0 Å². The van der Waals surface area contributed by atoms with Crippen LogP contribution in [-0.4, -0.2) is 47.3 Å². The third-order valence-corrected chi connectivity index (χ3v) is 4.82. The van der Waals surface area contributed by atoms with Crippen molar-refractivity contribution in [3.63, 3.8) is 0 Å². The minimum absolute atomic E-state index is 0.0795. The Morgan fingerprint density at radius 2 is 2.00 bits per heavy atom. The largest absolute Gasteiger partial charge is 0.550 e. The highest BCUT2D eigenvalue weighted by Crippen LogP contribution is 2.36. The molecular formula is C16H13NO7S2-2. The molecule has 10 heteroatoms. The molecule has 1 aliphatic rings. The van der Waals surface area contributed by atoms with E-state index in [1.165, 1.54) is 20.3 Å². The van der Waals surface area contributed by atoms with E-state index in [0.29, 0.717) is 22.0 Å². The van der Waals surface area contributed by atoms with Gasteiger partial charge in [0.1, 0.15) is 15.8 Å². The summed E-state index contributed by atoms with van der Waals surface area (Å²) >= 11 is 5.89. The number of thioether (sulfide) groups is 1. The number of aliphatic carboxylic acids is 2. The van der Waals surface area contributed by atoms with Crippen LogP contribution in [0.5, 0.6) is 11.5 Å². The van der Waals surface area contributed by atoms with E-state index >= 15 is 0 Å². The molecule has 1 atom stereocenters. The summed E-state index contributed by atoms with van der Waals surface area (Å²) in [6.07, 6.45) is 0.552. The van der Waals surface area contributed by atoms with E-state index in [2.05, 4.69) is 0 Å². The number of rotatable bonds is 7. The maximum absolute atomic E-state index is 12.5. The molecular weight excluding hydrogens is 382 g/mol. The topological polar surface area (TPSA) is 119 Å². The van der Waals surface area contributed by atoms with Crippen molar-refractivity contribution in [1.82, 2.24) is 4.90 Å². The van der Waals surface area contributed by atoms with Crippen molar-refractivity contribution in [1.29, 1.82) is 0 Å². The van der Waals surface area contributed by atoms with Crippen LogP contribution in [0.15, 0.2) is 23.1 Å². The second-order valence-electron chi connectivity index (χ2n) is 5.07. The number of hydrogen-bond acceptors (Lipinski definition) is 9. The molecule has 1 aromatic rings. The SMILES string of the molecule is COc1ccc(/C=C2/SC(=S)N([C@H](CC(=O)[O-])C(=O)[O-])C2=O)c(OC)c1. The van der Waals surface area contributed by atoms with Crippen LogP contribution in [-0.2, 0) is 14.4 Å². The van der Waals surface area contributed by atoms with Crippen LogP contribution in [0.3, 0.4) is 0 Å². The van der Waals surface area contributed by atoms with Crippen molar-refractivity contribution >= 4 is 52.2 Å². The van der Waals surface area contributed by atoms with Gasteiger partial charge in [-0.25, -0.2) is 0 Å². The molecule has 0 aromatic heterocycles. The first-order chi connectivity index (χ1) is 12.3. The van der Waals surface area contributed by atoms with E-state index in [-0.39, 0.29) is 9.23 Å². The fraction of sp³-hybridized carbons (Fsp3) is 0.250.